The number of hydrogen-bond acceptors (Lipinski definition) is 4. The Morgan fingerprint density at radius 3 is 2.66 bits per heavy atom. The first-order valence-corrected chi connectivity index (χ1v) is 10.0. The molecule has 1 aromatic heterocycles. The van der Waals surface area contributed by atoms with Gasteiger partial charge in [0.25, 0.3) is 0 Å². The number of rotatable bonds is 6. The number of pyridine rings is 1. The zero-order valence-corrected chi connectivity index (χ0v) is 17.2. The van der Waals surface area contributed by atoms with Crippen LogP contribution in [0.5, 0.6) is 0 Å². The van der Waals surface area contributed by atoms with Gasteiger partial charge in [-0.1, -0.05) is 35.9 Å². The van der Waals surface area contributed by atoms with E-state index in [1.165, 1.54) is 13.2 Å². The van der Waals surface area contributed by atoms with Crippen LogP contribution >= 0.6 is 11.6 Å². The summed E-state index contributed by atoms with van der Waals surface area (Å²) in [6, 6.07) is 12.8. The van der Waals surface area contributed by atoms with Crippen LogP contribution in [0.4, 0.5) is 4.39 Å². The van der Waals surface area contributed by atoms with Crippen molar-refractivity contribution >= 4 is 28.5 Å². The van der Waals surface area contributed by atoms with Crippen molar-refractivity contribution in [3.05, 3.63) is 75.7 Å². The Kier molecular flexibility index (Phi) is 5.52. The van der Waals surface area contributed by atoms with Crippen LogP contribution in [0, 0.1) is 12.7 Å². The largest absolute Gasteiger partial charge is 0.465 e. The second kappa shape index (κ2) is 8.09. The number of aromatic nitrogens is 1. The number of esters is 1. The maximum absolute atomic E-state index is 14.4. The monoisotopic (exact) mass is 412 g/mol. The average Bonchev–Trinajstić information content (AvgIpc) is 3.55. The summed E-state index contributed by atoms with van der Waals surface area (Å²) in [6.07, 6.45) is 2.07. The lowest BCUT2D eigenvalue weighted by atomic mass is 10.0. The van der Waals surface area contributed by atoms with Crippen LogP contribution in [0.3, 0.4) is 0 Å². The van der Waals surface area contributed by atoms with Crippen LogP contribution < -0.4 is 0 Å². The number of ether oxygens (including phenoxy) is 1. The highest BCUT2D eigenvalue weighted by Crippen LogP contribution is 2.33. The lowest BCUT2D eigenvalue weighted by Gasteiger charge is -2.24. The standard InChI is InChI=1S/C23H22ClFN2O2/c1-14-16-6-3-4-9-20(16)26-21(22(14)23(28)29-2)13-27(15-10-11-15)12-17-18(24)7-5-8-19(17)25/h3-9,15H,10-13H2,1-2H3. The van der Waals surface area contributed by atoms with Gasteiger partial charge in [0.05, 0.1) is 23.9 Å². The summed E-state index contributed by atoms with van der Waals surface area (Å²) in [5.74, 6) is -0.727. The number of nitrogens with zero attached hydrogens (tertiary/aromatic N) is 2. The maximum atomic E-state index is 14.4. The van der Waals surface area contributed by atoms with Crippen LogP contribution in [0.2, 0.25) is 5.02 Å². The van der Waals surface area contributed by atoms with Crippen molar-refractivity contribution in [1.82, 2.24) is 9.88 Å². The molecule has 0 radical (unpaired) electrons. The third-order valence-electron chi connectivity index (χ3n) is 5.46. The van der Waals surface area contributed by atoms with Crippen molar-refractivity contribution in [3.8, 4) is 0 Å². The van der Waals surface area contributed by atoms with Gasteiger partial charge in [0.2, 0.25) is 0 Å². The van der Waals surface area contributed by atoms with Gasteiger partial charge >= 0.3 is 5.97 Å². The van der Waals surface area contributed by atoms with Crippen molar-refractivity contribution in [2.24, 2.45) is 0 Å². The van der Waals surface area contributed by atoms with E-state index in [1.54, 1.807) is 12.1 Å². The number of carbonyl (C=O) groups is 1. The molecule has 0 spiro atoms. The van der Waals surface area contributed by atoms with Gasteiger partial charge in [-0.2, -0.15) is 0 Å². The molecule has 0 atom stereocenters. The summed E-state index contributed by atoms with van der Waals surface area (Å²) in [4.78, 5) is 19.5. The summed E-state index contributed by atoms with van der Waals surface area (Å²) in [6.45, 7) is 2.70. The molecule has 6 heteroatoms. The van der Waals surface area contributed by atoms with E-state index in [1.807, 2.05) is 31.2 Å². The van der Waals surface area contributed by atoms with E-state index in [0.717, 1.165) is 29.3 Å². The van der Waals surface area contributed by atoms with Crippen molar-refractivity contribution in [3.63, 3.8) is 0 Å². The molecule has 150 valence electrons. The molecule has 0 aliphatic heterocycles. The van der Waals surface area contributed by atoms with Gasteiger partial charge in [-0.3, -0.25) is 9.88 Å². The Hall–Kier alpha value is -2.50. The van der Waals surface area contributed by atoms with Crippen molar-refractivity contribution in [2.45, 2.75) is 38.9 Å². The van der Waals surface area contributed by atoms with Gasteiger partial charge in [0, 0.05) is 35.1 Å². The zero-order chi connectivity index (χ0) is 20.5. The normalized spacial score (nSPS) is 13.8. The number of methoxy groups -OCH3 is 1. The van der Waals surface area contributed by atoms with Crippen LogP contribution in [0.1, 0.15) is 40.0 Å². The molecular formula is C23H22ClFN2O2. The highest BCUT2D eigenvalue weighted by Gasteiger charge is 2.32. The van der Waals surface area contributed by atoms with E-state index in [9.17, 15) is 9.18 Å². The van der Waals surface area contributed by atoms with Crippen LogP contribution in [0.25, 0.3) is 10.9 Å². The molecule has 0 amide bonds. The summed E-state index contributed by atoms with van der Waals surface area (Å²) in [5, 5.41) is 1.33. The molecule has 2 aromatic carbocycles. The molecule has 0 N–H and O–H groups in total. The minimum Gasteiger partial charge on any atom is -0.465 e. The molecule has 1 aliphatic rings. The maximum Gasteiger partial charge on any atom is 0.340 e. The molecule has 1 heterocycles. The average molecular weight is 413 g/mol. The molecule has 3 aromatic rings. The molecule has 0 unspecified atom stereocenters. The second-order valence-corrected chi connectivity index (χ2v) is 7.81. The van der Waals surface area contributed by atoms with Gasteiger partial charge in [0.1, 0.15) is 5.82 Å². The van der Waals surface area contributed by atoms with Crippen molar-refractivity contribution in [2.75, 3.05) is 7.11 Å². The smallest absolute Gasteiger partial charge is 0.340 e. The lowest BCUT2D eigenvalue weighted by molar-refractivity contribution is 0.0596. The highest BCUT2D eigenvalue weighted by atomic mass is 35.5. The predicted octanol–water partition coefficient (Wildman–Crippen LogP) is 5.29. The molecule has 4 rings (SSSR count). The van der Waals surface area contributed by atoms with Crippen LogP contribution in [-0.2, 0) is 17.8 Å². The molecule has 1 aliphatic carbocycles. The van der Waals surface area contributed by atoms with E-state index >= 15 is 0 Å². The minimum atomic E-state index is -0.407. The summed E-state index contributed by atoms with van der Waals surface area (Å²) >= 11 is 6.25. The number of para-hydroxylation sites is 1. The third-order valence-corrected chi connectivity index (χ3v) is 5.81. The fraction of sp³-hybridized carbons (Fsp3) is 0.304. The van der Waals surface area contributed by atoms with E-state index in [-0.39, 0.29) is 5.82 Å². The number of benzene rings is 2. The van der Waals surface area contributed by atoms with Gasteiger partial charge in [0.15, 0.2) is 0 Å². The Morgan fingerprint density at radius 2 is 1.97 bits per heavy atom. The number of fused-ring (bicyclic) bond motifs is 1. The minimum absolute atomic E-state index is 0.320. The molecule has 1 fully saturated rings. The van der Waals surface area contributed by atoms with Gasteiger partial charge in [-0.05, 0) is 43.5 Å². The highest BCUT2D eigenvalue weighted by molar-refractivity contribution is 6.31. The van der Waals surface area contributed by atoms with E-state index in [2.05, 4.69) is 4.90 Å². The van der Waals surface area contributed by atoms with Crippen LogP contribution in [0.15, 0.2) is 42.5 Å². The number of hydrogen-bond donors (Lipinski definition) is 0. The first kappa shape index (κ1) is 19.8. The lowest BCUT2D eigenvalue weighted by Crippen LogP contribution is -2.28. The third kappa shape index (κ3) is 3.98. The fourth-order valence-corrected chi connectivity index (χ4v) is 3.98. The molecule has 29 heavy (non-hydrogen) atoms. The van der Waals surface area contributed by atoms with Crippen LogP contribution in [-0.4, -0.2) is 29.0 Å². The number of halogens is 2. The summed E-state index contributed by atoms with van der Waals surface area (Å²) in [7, 11) is 1.37. The van der Waals surface area contributed by atoms with Crippen molar-refractivity contribution < 1.29 is 13.9 Å². The SMILES string of the molecule is COC(=O)c1c(CN(Cc2c(F)cccc2Cl)C2CC2)nc2ccccc2c1C. The molecule has 0 bridgehead atoms. The quantitative estimate of drug-likeness (QED) is 0.516. The number of aryl methyl sites for hydroxylation is 1. The molecule has 4 nitrogen and oxygen atoms in total. The van der Waals surface area contributed by atoms with E-state index < -0.39 is 5.97 Å². The molecule has 1 saturated carbocycles. The van der Waals surface area contributed by atoms with E-state index in [4.69, 9.17) is 21.3 Å². The topological polar surface area (TPSA) is 42.4 Å². The molecular weight excluding hydrogens is 391 g/mol. The van der Waals surface area contributed by atoms with Gasteiger partial charge < -0.3 is 4.74 Å². The predicted molar refractivity (Wildman–Crippen MR) is 111 cm³/mol. The Bertz CT molecular complexity index is 1060. The Labute approximate surface area is 174 Å². The number of carbonyl (C=O) groups excluding carboxylic acids is 1. The van der Waals surface area contributed by atoms with Gasteiger partial charge in [-0.25, -0.2) is 9.18 Å². The van der Waals surface area contributed by atoms with E-state index in [0.29, 0.717) is 41.0 Å². The zero-order valence-electron chi connectivity index (χ0n) is 16.4. The first-order valence-electron chi connectivity index (χ1n) is 9.63. The summed E-state index contributed by atoms with van der Waals surface area (Å²) in [5.41, 5.74) is 3.27. The fourth-order valence-electron chi connectivity index (χ4n) is 3.76. The Balaban J connectivity index is 1.75. The molecule has 0 saturated heterocycles. The van der Waals surface area contributed by atoms with Crippen molar-refractivity contribution in [1.29, 1.82) is 0 Å². The van der Waals surface area contributed by atoms with Gasteiger partial charge in [-0.15, -0.1) is 0 Å². The Morgan fingerprint density at radius 1 is 1.21 bits per heavy atom. The summed E-state index contributed by atoms with van der Waals surface area (Å²) < 4.78 is 19.4. The second-order valence-electron chi connectivity index (χ2n) is 7.40. The first-order chi connectivity index (χ1) is 14.0.